The Balaban J connectivity index is 3.35. The van der Waals surface area contributed by atoms with Gasteiger partial charge in [0, 0.05) is 18.8 Å². The van der Waals surface area contributed by atoms with E-state index in [9.17, 15) is 19.5 Å². The van der Waals surface area contributed by atoms with Gasteiger partial charge in [-0.1, -0.05) is 58.4 Å². The second kappa shape index (κ2) is 17.2. The number of amides is 3. The Morgan fingerprint density at radius 1 is 1.03 bits per heavy atom. The Morgan fingerprint density at radius 3 is 2.24 bits per heavy atom. The van der Waals surface area contributed by atoms with Gasteiger partial charge in [0.1, 0.15) is 23.4 Å². The van der Waals surface area contributed by atoms with Crippen molar-refractivity contribution >= 4 is 30.5 Å². The first-order valence-corrected chi connectivity index (χ1v) is 14.6. The first kappa shape index (κ1) is 33.6. The van der Waals surface area contributed by atoms with Crippen molar-refractivity contribution in [3.63, 3.8) is 0 Å². The average molecular weight is 552 g/mol. The fraction of sp³-hybridized carbons (Fsp3) is 0.690. The highest BCUT2D eigenvalue weighted by atomic mass is 32.1. The van der Waals surface area contributed by atoms with E-state index in [1.54, 1.807) is 50.8 Å². The summed E-state index contributed by atoms with van der Waals surface area (Å²) in [6.45, 7) is 12.0. The average Bonchev–Trinajstić information content (AvgIpc) is 2.84. The van der Waals surface area contributed by atoms with Crippen molar-refractivity contribution in [3.05, 3.63) is 29.3 Å². The number of phenolic OH excluding ortho intramolecular Hbond substituents is 1. The summed E-state index contributed by atoms with van der Waals surface area (Å²) in [5.41, 5.74) is 0.486. The van der Waals surface area contributed by atoms with E-state index in [1.807, 2.05) is 6.92 Å². The zero-order chi connectivity index (χ0) is 28.7. The van der Waals surface area contributed by atoms with Gasteiger partial charge in [-0.2, -0.15) is 12.6 Å². The number of alkyl carbamates (subject to hydrolysis) is 1. The smallest absolute Gasteiger partial charge is 0.408 e. The molecule has 0 aliphatic rings. The summed E-state index contributed by atoms with van der Waals surface area (Å²) in [6, 6.07) is 3.05. The van der Waals surface area contributed by atoms with E-state index in [2.05, 4.69) is 30.2 Å². The molecule has 0 aliphatic carbocycles. The predicted molar refractivity (Wildman–Crippen MR) is 156 cm³/mol. The third kappa shape index (κ3) is 12.0. The van der Waals surface area contributed by atoms with E-state index in [-0.39, 0.29) is 17.4 Å². The van der Waals surface area contributed by atoms with Crippen LogP contribution in [0.3, 0.4) is 0 Å². The molecule has 0 radical (unpaired) electrons. The highest BCUT2D eigenvalue weighted by Crippen LogP contribution is 2.28. The van der Waals surface area contributed by atoms with Crippen molar-refractivity contribution in [1.82, 2.24) is 15.5 Å². The van der Waals surface area contributed by atoms with E-state index >= 15 is 0 Å². The number of hydrogen-bond donors (Lipinski definition) is 4. The largest absolute Gasteiger partial charge is 0.508 e. The number of unbranched alkanes of at least 4 members (excludes halogenated alkanes) is 6. The topological polar surface area (TPSA) is 108 Å². The van der Waals surface area contributed by atoms with Crippen LogP contribution < -0.4 is 10.6 Å². The molecule has 216 valence electrons. The third-order valence-electron chi connectivity index (χ3n) is 6.13. The molecular formula is C29H49N3O5S. The minimum absolute atomic E-state index is 0.0455. The molecule has 3 N–H and O–H groups in total. The Labute approximate surface area is 234 Å². The number of hydrogen-bond acceptors (Lipinski definition) is 6. The summed E-state index contributed by atoms with van der Waals surface area (Å²) in [5.74, 6) is -0.532. The lowest BCUT2D eigenvalue weighted by atomic mass is 9.99. The van der Waals surface area contributed by atoms with Crippen molar-refractivity contribution in [1.29, 1.82) is 0 Å². The minimum Gasteiger partial charge on any atom is -0.508 e. The fourth-order valence-corrected chi connectivity index (χ4v) is 4.32. The quantitative estimate of drug-likeness (QED) is 0.156. The molecule has 0 aliphatic heterocycles. The van der Waals surface area contributed by atoms with E-state index in [0.717, 1.165) is 44.9 Å². The van der Waals surface area contributed by atoms with Gasteiger partial charge in [-0.05, 0) is 63.8 Å². The lowest BCUT2D eigenvalue weighted by Crippen LogP contribution is -2.54. The molecular weight excluding hydrogens is 502 g/mol. The van der Waals surface area contributed by atoms with E-state index < -0.39 is 29.7 Å². The van der Waals surface area contributed by atoms with E-state index in [1.165, 1.54) is 6.42 Å². The summed E-state index contributed by atoms with van der Waals surface area (Å²) in [6.07, 6.45) is 7.15. The molecule has 3 amide bonds. The van der Waals surface area contributed by atoms with Crippen LogP contribution in [0.25, 0.3) is 0 Å². The van der Waals surface area contributed by atoms with Crippen LogP contribution in [0, 0.1) is 6.92 Å². The van der Waals surface area contributed by atoms with Crippen LogP contribution in [0.2, 0.25) is 0 Å². The number of benzene rings is 1. The van der Waals surface area contributed by atoms with Gasteiger partial charge in [0.2, 0.25) is 11.8 Å². The van der Waals surface area contributed by atoms with Crippen molar-refractivity contribution in [2.24, 2.45) is 0 Å². The molecule has 38 heavy (non-hydrogen) atoms. The highest BCUT2D eigenvalue weighted by Gasteiger charge is 2.35. The molecule has 0 spiro atoms. The number of ether oxygens (including phenoxy) is 1. The van der Waals surface area contributed by atoms with E-state index in [0.29, 0.717) is 24.2 Å². The molecule has 2 atom stereocenters. The van der Waals surface area contributed by atoms with Crippen LogP contribution in [-0.4, -0.2) is 58.4 Å². The monoisotopic (exact) mass is 551 g/mol. The van der Waals surface area contributed by atoms with Crippen LogP contribution in [0.15, 0.2) is 18.2 Å². The summed E-state index contributed by atoms with van der Waals surface area (Å²) >= 11 is 4.34. The maximum atomic E-state index is 13.9. The van der Waals surface area contributed by atoms with Gasteiger partial charge in [0.15, 0.2) is 0 Å². The van der Waals surface area contributed by atoms with Gasteiger partial charge in [-0.25, -0.2) is 4.79 Å². The second-order valence-corrected chi connectivity index (χ2v) is 11.1. The lowest BCUT2D eigenvalue weighted by Gasteiger charge is -2.34. The third-order valence-corrected chi connectivity index (χ3v) is 6.50. The summed E-state index contributed by atoms with van der Waals surface area (Å²) in [4.78, 5) is 41.5. The van der Waals surface area contributed by atoms with Crippen molar-refractivity contribution in [2.75, 3.05) is 18.8 Å². The van der Waals surface area contributed by atoms with E-state index in [4.69, 9.17) is 4.74 Å². The van der Waals surface area contributed by atoms with Gasteiger partial charge < -0.3 is 25.4 Å². The molecule has 0 saturated heterocycles. The first-order chi connectivity index (χ1) is 17.9. The predicted octanol–water partition coefficient (Wildman–Crippen LogP) is 5.67. The molecule has 8 nitrogen and oxygen atoms in total. The molecule has 9 heteroatoms. The van der Waals surface area contributed by atoms with Gasteiger partial charge >= 0.3 is 6.09 Å². The van der Waals surface area contributed by atoms with Crippen LogP contribution >= 0.6 is 12.6 Å². The van der Waals surface area contributed by atoms with Gasteiger partial charge in [-0.15, -0.1) is 0 Å². The standard InChI is InChI=1S/C29H49N3O5S/c1-7-9-11-12-13-14-18-32(27(35)23(20-38)31-28(36)37-29(4,5)6)25(26(34)30-17-10-8-2)22-15-16-24(33)21(3)19-22/h15-16,19,23,25,33,38H,7-14,17-18,20H2,1-6H3,(H,30,34)(H,31,36). The number of aryl methyl sites for hydroxylation is 1. The molecule has 0 saturated carbocycles. The molecule has 0 bridgehead atoms. The molecule has 1 aromatic carbocycles. The summed E-state index contributed by atoms with van der Waals surface area (Å²) in [7, 11) is 0. The second-order valence-electron chi connectivity index (χ2n) is 10.8. The zero-order valence-electron chi connectivity index (χ0n) is 24.1. The fourth-order valence-electron chi connectivity index (χ4n) is 4.07. The lowest BCUT2D eigenvalue weighted by molar-refractivity contribution is -0.142. The number of nitrogens with one attached hydrogen (secondary N) is 2. The number of phenols is 1. The Bertz CT molecular complexity index is 887. The Hall–Kier alpha value is -2.42. The minimum atomic E-state index is -0.975. The maximum Gasteiger partial charge on any atom is 0.408 e. The van der Waals surface area contributed by atoms with Crippen molar-refractivity contribution in [3.8, 4) is 5.75 Å². The van der Waals surface area contributed by atoms with Gasteiger partial charge in [0.25, 0.3) is 0 Å². The van der Waals surface area contributed by atoms with Gasteiger partial charge in [-0.3, -0.25) is 9.59 Å². The van der Waals surface area contributed by atoms with Crippen LogP contribution in [0.1, 0.15) is 103 Å². The molecule has 1 aromatic rings. The first-order valence-electron chi connectivity index (χ1n) is 13.9. The SMILES string of the molecule is CCCCCCCCN(C(=O)C(CS)NC(=O)OC(C)(C)C)C(C(=O)NCCCC)c1ccc(O)c(C)c1. The Morgan fingerprint density at radius 2 is 1.66 bits per heavy atom. The number of thiol groups is 1. The van der Waals surface area contributed by atoms with Crippen molar-refractivity contribution in [2.45, 2.75) is 111 Å². The maximum absolute atomic E-state index is 13.9. The summed E-state index contributed by atoms with van der Waals surface area (Å²) < 4.78 is 5.36. The molecule has 0 heterocycles. The molecule has 0 aromatic heterocycles. The number of rotatable bonds is 16. The van der Waals surface area contributed by atoms with Crippen LogP contribution in [-0.2, 0) is 14.3 Å². The highest BCUT2D eigenvalue weighted by molar-refractivity contribution is 7.80. The number of carbonyl (C=O) groups excluding carboxylic acids is 3. The molecule has 2 unspecified atom stereocenters. The van der Waals surface area contributed by atoms with Crippen molar-refractivity contribution < 1.29 is 24.2 Å². The van der Waals surface area contributed by atoms with Gasteiger partial charge in [0.05, 0.1) is 0 Å². The van der Waals surface area contributed by atoms with Crippen LogP contribution in [0.5, 0.6) is 5.75 Å². The number of nitrogens with zero attached hydrogens (tertiary/aromatic N) is 1. The number of aromatic hydroxyl groups is 1. The number of carbonyl (C=O) groups is 3. The molecule has 0 fully saturated rings. The molecule has 1 rings (SSSR count). The van der Waals surface area contributed by atoms with Crippen LogP contribution in [0.4, 0.5) is 4.79 Å². The normalized spacial score (nSPS) is 12.9. The Kier molecular flexibility index (Phi) is 15.2. The summed E-state index contributed by atoms with van der Waals surface area (Å²) in [5, 5.41) is 15.7. The zero-order valence-corrected chi connectivity index (χ0v) is 25.0.